The average Bonchev–Trinajstić information content (AvgIpc) is 2.82. The zero-order valence-electron chi connectivity index (χ0n) is 19.9. The molecule has 186 valence electrons. The Bertz CT molecular complexity index is 1110. The van der Waals surface area contributed by atoms with Gasteiger partial charge in [-0.3, -0.25) is 13.9 Å². The van der Waals surface area contributed by atoms with Gasteiger partial charge in [-0.15, -0.1) is 0 Å². The van der Waals surface area contributed by atoms with Crippen LogP contribution in [0.2, 0.25) is 0 Å². The minimum absolute atomic E-state index is 0.00538. The summed E-state index contributed by atoms with van der Waals surface area (Å²) in [6, 6.07) is 9.16. The van der Waals surface area contributed by atoms with Crippen molar-refractivity contribution < 1.29 is 31.9 Å². The molecule has 2 amide bonds. The summed E-state index contributed by atoms with van der Waals surface area (Å²) in [5.74, 6) is -0.734. The summed E-state index contributed by atoms with van der Waals surface area (Å²) in [6.45, 7) is 1.19. The van der Waals surface area contributed by atoms with Gasteiger partial charge in [0.15, 0.2) is 11.5 Å². The maximum absolute atomic E-state index is 13.5. The van der Waals surface area contributed by atoms with Crippen molar-refractivity contribution in [2.24, 2.45) is 0 Å². The van der Waals surface area contributed by atoms with Crippen LogP contribution in [-0.2, 0) is 26.2 Å². The van der Waals surface area contributed by atoms with E-state index in [1.165, 1.54) is 68.6 Å². The van der Waals surface area contributed by atoms with E-state index in [1.807, 2.05) is 0 Å². The van der Waals surface area contributed by atoms with Gasteiger partial charge < -0.3 is 19.7 Å². The second-order valence-corrected chi connectivity index (χ2v) is 9.40. The number of nitrogens with one attached hydrogen (secondary N) is 1. The molecule has 11 heteroatoms. The van der Waals surface area contributed by atoms with Gasteiger partial charge in [0.25, 0.3) is 0 Å². The number of rotatable bonds is 11. The van der Waals surface area contributed by atoms with Gasteiger partial charge in [0, 0.05) is 19.7 Å². The minimum Gasteiger partial charge on any atom is -0.493 e. The third-order valence-electron chi connectivity index (χ3n) is 5.23. The van der Waals surface area contributed by atoms with Crippen LogP contribution in [-0.4, -0.2) is 65.2 Å². The zero-order chi connectivity index (χ0) is 25.5. The monoisotopic (exact) mass is 495 g/mol. The topological polar surface area (TPSA) is 105 Å². The molecule has 0 heterocycles. The molecule has 2 rings (SSSR count). The summed E-state index contributed by atoms with van der Waals surface area (Å²) in [5, 5.41) is 2.53. The van der Waals surface area contributed by atoms with E-state index in [-0.39, 0.29) is 12.2 Å². The molecule has 2 aromatic rings. The largest absolute Gasteiger partial charge is 0.493 e. The van der Waals surface area contributed by atoms with Gasteiger partial charge in [0.05, 0.1) is 26.2 Å². The van der Waals surface area contributed by atoms with Gasteiger partial charge in [0.1, 0.15) is 18.4 Å². The molecule has 0 bridgehead atoms. The van der Waals surface area contributed by atoms with E-state index in [2.05, 4.69) is 5.32 Å². The van der Waals surface area contributed by atoms with Crippen molar-refractivity contribution in [2.75, 3.05) is 38.4 Å². The third kappa shape index (κ3) is 6.60. The Hall–Kier alpha value is -3.34. The van der Waals surface area contributed by atoms with Crippen LogP contribution in [0.4, 0.5) is 10.1 Å². The molecule has 0 aliphatic carbocycles. The zero-order valence-corrected chi connectivity index (χ0v) is 20.7. The molecular formula is C23H30FN3O6S. The predicted octanol–water partition coefficient (Wildman–Crippen LogP) is 2.16. The number of carbonyl (C=O) groups is 2. The van der Waals surface area contributed by atoms with Gasteiger partial charge >= 0.3 is 0 Å². The molecule has 1 atom stereocenters. The fraction of sp³-hybridized carbons (Fsp3) is 0.391. The van der Waals surface area contributed by atoms with Gasteiger partial charge in [-0.2, -0.15) is 0 Å². The van der Waals surface area contributed by atoms with E-state index >= 15 is 0 Å². The molecule has 1 N–H and O–H groups in total. The second-order valence-electron chi connectivity index (χ2n) is 7.50. The Labute approximate surface area is 199 Å². The average molecular weight is 496 g/mol. The standard InChI is InChI=1S/C23H30FN3O6S/c1-6-19(23(29)25-2)26(14-16-7-9-17(24)10-8-16)22(28)15-27(34(5,30)31)18-11-12-20(32-3)21(13-18)33-4/h7-13,19H,6,14-15H2,1-5H3,(H,25,29)/t19-/m1/s1. The number of carbonyl (C=O) groups excluding carboxylic acids is 2. The molecule has 0 fully saturated rings. The summed E-state index contributed by atoms with van der Waals surface area (Å²) >= 11 is 0. The lowest BCUT2D eigenvalue weighted by atomic mass is 10.1. The molecule has 9 nitrogen and oxygen atoms in total. The van der Waals surface area contributed by atoms with Crippen LogP contribution in [0.25, 0.3) is 0 Å². The van der Waals surface area contributed by atoms with Crippen LogP contribution in [0, 0.1) is 5.82 Å². The van der Waals surface area contributed by atoms with Crippen molar-refractivity contribution in [3.63, 3.8) is 0 Å². The van der Waals surface area contributed by atoms with Crippen LogP contribution in [0.15, 0.2) is 42.5 Å². The van der Waals surface area contributed by atoms with Crippen molar-refractivity contribution in [2.45, 2.75) is 25.9 Å². The number of halogens is 1. The van der Waals surface area contributed by atoms with E-state index in [9.17, 15) is 22.4 Å². The Morgan fingerprint density at radius 2 is 1.68 bits per heavy atom. The summed E-state index contributed by atoms with van der Waals surface area (Å²) in [7, 11) is 0.433. The van der Waals surface area contributed by atoms with Gasteiger partial charge in [-0.1, -0.05) is 19.1 Å². The molecule has 0 saturated heterocycles. The molecule has 2 aromatic carbocycles. The third-order valence-corrected chi connectivity index (χ3v) is 6.37. The molecule has 0 radical (unpaired) electrons. The van der Waals surface area contributed by atoms with Crippen LogP contribution < -0.4 is 19.1 Å². The normalized spacial score (nSPS) is 11.9. The molecule has 0 aliphatic heterocycles. The second kappa shape index (κ2) is 11.7. The van der Waals surface area contributed by atoms with Crippen molar-refractivity contribution in [3.05, 3.63) is 53.8 Å². The van der Waals surface area contributed by atoms with Crippen LogP contribution in [0.5, 0.6) is 11.5 Å². The number of hydrogen-bond donors (Lipinski definition) is 1. The number of ether oxygens (including phenoxy) is 2. The summed E-state index contributed by atoms with van der Waals surface area (Å²) in [6.07, 6.45) is 1.28. The minimum atomic E-state index is -3.89. The molecule has 0 spiro atoms. The maximum Gasteiger partial charge on any atom is 0.244 e. The SMILES string of the molecule is CC[C@H](C(=O)NC)N(Cc1ccc(F)cc1)C(=O)CN(c1ccc(OC)c(OC)c1)S(C)(=O)=O. The number of likely N-dealkylation sites (N-methyl/N-ethyl adjacent to an activating group) is 1. The Balaban J connectivity index is 2.46. The number of nitrogens with zero attached hydrogens (tertiary/aromatic N) is 2. The lowest BCUT2D eigenvalue weighted by Gasteiger charge is -2.32. The van der Waals surface area contributed by atoms with Crippen LogP contribution in [0.3, 0.4) is 0 Å². The maximum atomic E-state index is 13.5. The van der Waals surface area contributed by atoms with Crippen LogP contribution >= 0.6 is 0 Å². The number of amides is 2. The highest BCUT2D eigenvalue weighted by Crippen LogP contribution is 2.32. The fourth-order valence-electron chi connectivity index (χ4n) is 3.47. The molecule has 0 unspecified atom stereocenters. The van der Waals surface area contributed by atoms with Crippen molar-refractivity contribution >= 4 is 27.5 Å². The fourth-order valence-corrected chi connectivity index (χ4v) is 4.31. The summed E-state index contributed by atoms with van der Waals surface area (Å²) in [5.41, 5.74) is 0.789. The van der Waals surface area contributed by atoms with Gasteiger partial charge in [0.2, 0.25) is 21.8 Å². The quantitative estimate of drug-likeness (QED) is 0.512. The van der Waals surface area contributed by atoms with E-state index in [0.29, 0.717) is 23.5 Å². The number of hydrogen-bond acceptors (Lipinski definition) is 6. The number of methoxy groups -OCH3 is 2. The highest BCUT2D eigenvalue weighted by atomic mass is 32.2. The first-order chi connectivity index (χ1) is 16.0. The predicted molar refractivity (Wildman–Crippen MR) is 127 cm³/mol. The molecule has 0 aliphatic rings. The summed E-state index contributed by atoms with van der Waals surface area (Å²) in [4.78, 5) is 27.3. The number of anilines is 1. The number of sulfonamides is 1. The smallest absolute Gasteiger partial charge is 0.244 e. The molecule has 34 heavy (non-hydrogen) atoms. The van der Waals surface area contributed by atoms with E-state index in [1.54, 1.807) is 6.92 Å². The summed E-state index contributed by atoms with van der Waals surface area (Å²) < 4.78 is 50.0. The Morgan fingerprint density at radius 3 is 2.18 bits per heavy atom. The number of benzene rings is 2. The lowest BCUT2D eigenvalue weighted by Crippen LogP contribution is -2.51. The lowest BCUT2D eigenvalue weighted by molar-refractivity contribution is -0.140. The first kappa shape index (κ1) is 26.9. The molecular weight excluding hydrogens is 465 g/mol. The first-order valence-corrected chi connectivity index (χ1v) is 12.4. The van der Waals surface area contributed by atoms with Crippen molar-refractivity contribution in [3.8, 4) is 11.5 Å². The Kier molecular flexibility index (Phi) is 9.25. The first-order valence-electron chi connectivity index (χ1n) is 10.5. The van der Waals surface area contributed by atoms with Crippen molar-refractivity contribution in [1.82, 2.24) is 10.2 Å². The highest BCUT2D eigenvalue weighted by Gasteiger charge is 2.31. The van der Waals surface area contributed by atoms with Crippen molar-refractivity contribution in [1.29, 1.82) is 0 Å². The molecule has 0 aromatic heterocycles. The van der Waals surface area contributed by atoms with E-state index in [4.69, 9.17) is 9.47 Å². The van der Waals surface area contributed by atoms with Crippen LogP contribution in [0.1, 0.15) is 18.9 Å². The highest BCUT2D eigenvalue weighted by molar-refractivity contribution is 7.92. The van der Waals surface area contributed by atoms with Gasteiger partial charge in [-0.05, 0) is 36.2 Å². The molecule has 0 saturated carbocycles. The van der Waals surface area contributed by atoms with E-state index in [0.717, 1.165) is 10.6 Å². The Morgan fingerprint density at radius 1 is 1.06 bits per heavy atom. The van der Waals surface area contributed by atoms with E-state index < -0.39 is 40.2 Å². The van der Waals surface area contributed by atoms with Gasteiger partial charge in [-0.25, -0.2) is 12.8 Å².